The molecule has 0 atom stereocenters. The number of guanidine groups is 1. The van der Waals surface area contributed by atoms with Crippen LogP contribution >= 0.6 is 24.0 Å². The molecule has 0 radical (unpaired) electrons. The van der Waals surface area contributed by atoms with E-state index in [0.717, 1.165) is 34.6 Å². The van der Waals surface area contributed by atoms with Gasteiger partial charge in [-0.1, -0.05) is 6.07 Å². The third kappa shape index (κ3) is 4.89. The second-order valence-electron chi connectivity index (χ2n) is 6.42. The maximum absolute atomic E-state index is 4.52. The Morgan fingerprint density at radius 3 is 2.39 bits per heavy atom. The molecule has 9 heteroatoms. The minimum Gasteiger partial charge on any atom is -0.352 e. The molecule has 150 valence electrons. The SMILES string of the molecule is CN=C(NCc1ccc(-n2ccnc2C)nc1)NCc1c(C)nn(C)c1C.I. The first-order valence-electron chi connectivity index (χ1n) is 8.88. The second kappa shape index (κ2) is 9.67. The third-order valence-electron chi connectivity index (χ3n) is 4.66. The molecule has 0 amide bonds. The van der Waals surface area contributed by atoms with Gasteiger partial charge in [0.2, 0.25) is 0 Å². The molecule has 3 rings (SSSR count). The fraction of sp³-hybridized carbons (Fsp3) is 0.368. The van der Waals surface area contributed by atoms with E-state index in [2.05, 4.69) is 43.7 Å². The van der Waals surface area contributed by atoms with Gasteiger partial charge in [0.25, 0.3) is 0 Å². The first kappa shape index (κ1) is 21.9. The lowest BCUT2D eigenvalue weighted by molar-refractivity contribution is 0.728. The van der Waals surface area contributed by atoms with Crippen molar-refractivity contribution in [1.82, 2.24) is 34.9 Å². The van der Waals surface area contributed by atoms with E-state index in [4.69, 9.17) is 0 Å². The molecule has 0 aromatic carbocycles. The Labute approximate surface area is 182 Å². The summed E-state index contributed by atoms with van der Waals surface area (Å²) in [6.45, 7) is 7.37. The first-order valence-corrected chi connectivity index (χ1v) is 8.88. The molecular formula is C19H27IN8. The van der Waals surface area contributed by atoms with Crippen LogP contribution in [0.3, 0.4) is 0 Å². The Hall–Kier alpha value is -2.43. The number of imidazole rings is 1. The van der Waals surface area contributed by atoms with E-state index < -0.39 is 0 Å². The van der Waals surface area contributed by atoms with Crippen molar-refractivity contribution in [3.63, 3.8) is 0 Å². The van der Waals surface area contributed by atoms with Gasteiger partial charge in [-0.2, -0.15) is 5.10 Å². The number of hydrogen-bond donors (Lipinski definition) is 2. The molecule has 0 unspecified atom stereocenters. The van der Waals surface area contributed by atoms with E-state index in [-0.39, 0.29) is 24.0 Å². The molecule has 8 nitrogen and oxygen atoms in total. The van der Waals surface area contributed by atoms with Gasteiger partial charge in [-0.05, 0) is 32.4 Å². The summed E-state index contributed by atoms with van der Waals surface area (Å²) in [5.41, 5.74) is 4.47. The van der Waals surface area contributed by atoms with Crippen LogP contribution in [0.2, 0.25) is 0 Å². The van der Waals surface area contributed by atoms with Gasteiger partial charge >= 0.3 is 0 Å². The molecule has 0 bridgehead atoms. The van der Waals surface area contributed by atoms with Crippen LogP contribution in [0.25, 0.3) is 5.82 Å². The minimum atomic E-state index is 0. The molecule has 0 saturated heterocycles. The van der Waals surface area contributed by atoms with E-state index in [1.807, 2.05) is 48.6 Å². The topological polar surface area (TPSA) is 84.9 Å². The van der Waals surface area contributed by atoms with Gasteiger partial charge in [0, 0.05) is 57.0 Å². The molecule has 28 heavy (non-hydrogen) atoms. The highest BCUT2D eigenvalue weighted by Crippen LogP contribution is 2.11. The Morgan fingerprint density at radius 1 is 1.11 bits per heavy atom. The predicted molar refractivity (Wildman–Crippen MR) is 121 cm³/mol. The molecular weight excluding hydrogens is 467 g/mol. The number of aliphatic imine (C=N–C) groups is 1. The largest absolute Gasteiger partial charge is 0.352 e. The van der Waals surface area contributed by atoms with Crippen LogP contribution in [0.15, 0.2) is 35.7 Å². The van der Waals surface area contributed by atoms with E-state index in [1.165, 1.54) is 5.56 Å². The van der Waals surface area contributed by atoms with Crippen molar-refractivity contribution in [2.24, 2.45) is 12.0 Å². The normalized spacial score (nSPS) is 11.2. The van der Waals surface area contributed by atoms with Gasteiger partial charge in [0.1, 0.15) is 11.6 Å². The van der Waals surface area contributed by atoms with Crippen molar-refractivity contribution in [2.45, 2.75) is 33.9 Å². The van der Waals surface area contributed by atoms with Crippen molar-refractivity contribution in [1.29, 1.82) is 0 Å². The summed E-state index contributed by atoms with van der Waals surface area (Å²) in [5.74, 6) is 2.52. The van der Waals surface area contributed by atoms with Crippen LogP contribution in [0, 0.1) is 20.8 Å². The van der Waals surface area contributed by atoms with Crippen LogP contribution in [0.1, 0.15) is 28.3 Å². The molecule has 3 heterocycles. The van der Waals surface area contributed by atoms with Crippen molar-refractivity contribution >= 4 is 29.9 Å². The van der Waals surface area contributed by atoms with Crippen LogP contribution in [0.5, 0.6) is 0 Å². The molecule has 0 saturated carbocycles. The zero-order valence-corrected chi connectivity index (χ0v) is 19.2. The fourth-order valence-electron chi connectivity index (χ4n) is 2.94. The Morgan fingerprint density at radius 2 is 1.86 bits per heavy atom. The van der Waals surface area contributed by atoms with Crippen molar-refractivity contribution in [3.05, 3.63) is 59.1 Å². The number of pyridine rings is 1. The summed E-state index contributed by atoms with van der Waals surface area (Å²) in [6, 6.07) is 4.04. The monoisotopic (exact) mass is 494 g/mol. The molecule has 3 aromatic heterocycles. The molecule has 0 fully saturated rings. The van der Waals surface area contributed by atoms with Crippen LogP contribution in [0.4, 0.5) is 0 Å². The highest BCUT2D eigenvalue weighted by Gasteiger charge is 2.10. The van der Waals surface area contributed by atoms with Gasteiger partial charge in [-0.25, -0.2) is 9.97 Å². The standard InChI is InChI=1S/C19H26N8.HI/c1-13-17(14(2)26(5)25-13)12-24-19(20-4)23-11-16-6-7-18(22-10-16)27-9-8-21-15(27)3;/h6-10H,11-12H2,1-5H3,(H2,20,23,24);1H. The zero-order chi connectivity index (χ0) is 19.4. The summed E-state index contributed by atoms with van der Waals surface area (Å²) >= 11 is 0. The highest BCUT2D eigenvalue weighted by atomic mass is 127. The Bertz CT molecular complexity index is 940. The summed E-state index contributed by atoms with van der Waals surface area (Å²) in [7, 11) is 3.72. The van der Waals surface area contributed by atoms with Crippen molar-refractivity contribution < 1.29 is 0 Å². The smallest absolute Gasteiger partial charge is 0.191 e. The summed E-state index contributed by atoms with van der Waals surface area (Å²) in [5, 5.41) is 11.1. The van der Waals surface area contributed by atoms with Gasteiger partial charge < -0.3 is 10.6 Å². The van der Waals surface area contributed by atoms with Gasteiger partial charge in [-0.15, -0.1) is 24.0 Å². The van der Waals surface area contributed by atoms with Crippen LogP contribution < -0.4 is 10.6 Å². The first-order chi connectivity index (χ1) is 13.0. The Balaban J connectivity index is 0.00000280. The number of halogens is 1. The number of rotatable bonds is 5. The number of hydrogen-bond acceptors (Lipinski definition) is 4. The average Bonchev–Trinajstić information content (AvgIpc) is 3.19. The molecule has 0 aliphatic rings. The lowest BCUT2D eigenvalue weighted by Gasteiger charge is -2.12. The van der Waals surface area contributed by atoms with E-state index in [9.17, 15) is 0 Å². The summed E-state index contributed by atoms with van der Waals surface area (Å²) in [6.07, 6.45) is 5.54. The summed E-state index contributed by atoms with van der Waals surface area (Å²) < 4.78 is 3.86. The van der Waals surface area contributed by atoms with Crippen molar-refractivity contribution in [3.8, 4) is 5.82 Å². The van der Waals surface area contributed by atoms with Crippen LogP contribution in [-0.4, -0.2) is 37.3 Å². The van der Waals surface area contributed by atoms with E-state index in [1.54, 1.807) is 13.2 Å². The molecule has 0 spiro atoms. The molecule has 0 aliphatic heterocycles. The lowest BCUT2D eigenvalue weighted by Crippen LogP contribution is -2.36. The number of aryl methyl sites for hydroxylation is 3. The molecule has 0 aliphatic carbocycles. The zero-order valence-electron chi connectivity index (χ0n) is 16.9. The third-order valence-corrected chi connectivity index (χ3v) is 4.66. The fourth-order valence-corrected chi connectivity index (χ4v) is 2.94. The molecule has 2 N–H and O–H groups in total. The molecule has 3 aromatic rings. The number of nitrogens with one attached hydrogen (secondary N) is 2. The number of nitrogens with zero attached hydrogens (tertiary/aromatic N) is 6. The van der Waals surface area contributed by atoms with E-state index >= 15 is 0 Å². The maximum Gasteiger partial charge on any atom is 0.191 e. The van der Waals surface area contributed by atoms with Gasteiger partial charge in [0.15, 0.2) is 5.96 Å². The predicted octanol–water partition coefficient (Wildman–Crippen LogP) is 2.41. The Kier molecular flexibility index (Phi) is 7.55. The van der Waals surface area contributed by atoms with Gasteiger partial charge in [0.05, 0.1) is 5.69 Å². The average molecular weight is 494 g/mol. The van der Waals surface area contributed by atoms with E-state index in [0.29, 0.717) is 13.1 Å². The van der Waals surface area contributed by atoms with Crippen molar-refractivity contribution in [2.75, 3.05) is 7.05 Å². The summed E-state index contributed by atoms with van der Waals surface area (Å²) in [4.78, 5) is 13.0. The quantitative estimate of drug-likeness (QED) is 0.324. The van der Waals surface area contributed by atoms with Crippen LogP contribution in [-0.2, 0) is 20.1 Å². The second-order valence-corrected chi connectivity index (χ2v) is 6.42. The maximum atomic E-state index is 4.52. The van der Waals surface area contributed by atoms with Gasteiger partial charge in [-0.3, -0.25) is 14.2 Å². The lowest BCUT2D eigenvalue weighted by atomic mass is 10.2. The number of aromatic nitrogens is 5. The highest BCUT2D eigenvalue weighted by molar-refractivity contribution is 14.0. The minimum absolute atomic E-state index is 0.